The summed E-state index contributed by atoms with van der Waals surface area (Å²) in [6.45, 7) is 3.79. The molecule has 1 saturated heterocycles. The summed E-state index contributed by atoms with van der Waals surface area (Å²) in [6, 6.07) is 11.7. The van der Waals surface area contributed by atoms with Gasteiger partial charge in [0.25, 0.3) is 5.91 Å². The Balaban J connectivity index is 1.88. The van der Waals surface area contributed by atoms with Crippen molar-refractivity contribution >= 4 is 16.7 Å². The molecule has 3 rings (SSSR count). The lowest BCUT2D eigenvalue weighted by molar-refractivity contribution is 0.0856. The van der Waals surface area contributed by atoms with Gasteiger partial charge in [-0.15, -0.1) is 0 Å². The minimum atomic E-state index is -0.101. The van der Waals surface area contributed by atoms with Gasteiger partial charge in [-0.05, 0) is 36.6 Å². The summed E-state index contributed by atoms with van der Waals surface area (Å²) >= 11 is 0. The third kappa shape index (κ3) is 3.07. The van der Waals surface area contributed by atoms with Crippen LogP contribution in [-0.4, -0.2) is 31.8 Å². The van der Waals surface area contributed by atoms with E-state index in [1.807, 2.05) is 43.3 Å². The second-order valence-electron chi connectivity index (χ2n) is 5.44. The highest BCUT2D eigenvalue weighted by Crippen LogP contribution is 2.28. The SMILES string of the molecule is CCOc1ccc2ccccc2c1C(=O)NC[C@@H]1CCCO1. The van der Waals surface area contributed by atoms with E-state index in [0.717, 1.165) is 30.2 Å². The average molecular weight is 299 g/mol. The third-order valence-electron chi connectivity index (χ3n) is 3.93. The molecule has 0 saturated carbocycles. The fourth-order valence-corrected chi connectivity index (χ4v) is 2.86. The van der Waals surface area contributed by atoms with E-state index in [0.29, 0.717) is 24.5 Å². The number of ether oxygens (including phenoxy) is 2. The summed E-state index contributed by atoms with van der Waals surface area (Å²) in [4.78, 5) is 12.7. The molecule has 22 heavy (non-hydrogen) atoms. The van der Waals surface area contributed by atoms with Gasteiger partial charge in [0.05, 0.1) is 18.3 Å². The number of hydrogen-bond donors (Lipinski definition) is 1. The van der Waals surface area contributed by atoms with E-state index in [-0.39, 0.29) is 12.0 Å². The zero-order valence-electron chi connectivity index (χ0n) is 12.8. The monoisotopic (exact) mass is 299 g/mol. The van der Waals surface area contributed by atoms with Crippen LogP contribution in [0.4, 0.5) is 0 Å². The smallest absolute Gasteiger partial charge is 0.255 e. The maximum absolute atomic E-state index is 12.7. The highest BCUT2D eigenvalue weighted by molar-refractivity contribution is 6.09. The first kappa shape index (κ1) is 14.9. The number of carbonyl (C=O) groups is 1. The zero-order valence-corrected chi connectivity index (χ0v) is 12.8. The Morgan fingerprint density at radius 1 is 1.32 bits per heavy atom. The van der Waals surface area contributed by atoms with Crippen molar-refractivity contribution in [1.82, 2.24) is 5.32 Å². The van der Waals surface area contributed by atoms with Crippen molar-refractivity contribution in [3.63, 3.8) is 0 Å². The number of benzene rings is 2. The first-order valence-electron chi connectivity index (χ1n) is 7.84. The summed E-state index contributed by atoms with van der Waals surface area (Å²) < 4.78 is 11.2. The third-order valence-corrected chi connectivity index (χ3v) is 3.93. The summed E-state index contributed by atoms with van der Waals surface area (Å²) in [5.74, 6) is 0.529. The number of rotatable bonds is 5. The lowest BCUT2D eigenvalue weighted by atomic mass is 10.0. The van der Waals surface area contributed by atoms with Gasteiger partial charge in [-0.1, -0.05) is 30.3 Å². The molecule has 1 aliphatic heterocycles. The van der Waals surface area contributed by atoms with Crippen LogP contribution >= 0.6 is 0 Å². The Morgan fingerprint density at radius 2 is 2.18 bits per heavy atom. The van der Waals surface area contributed by atoms with Gasteiger partial charge >= 0.3 is 0 Å². The van der Waals surface area contributed by atoms with Crippen molar-refractivity contribution < 1.29 is 14.3 Å². The van der Waals surface area contributed by atoms with Crippen LogP contribution in [0.2, 0.25) is 0 Å². The van der Waals surface area contributed by atoms with Crippen molar-refractivity contribution in [1.29, 1.82) is 0 Å². The molecule has 0 aliphatic carbocycles. The molecular weight excluding hydrogens is 278 g/mol. The molecule has 4 nitrogen and oxygen atoms in total. The van der Waals surface area contributed by atoms with Crippen LogP contribution in [0.3, 0.4) is 0 Å². The van der Waals surface area contributed by atoms with Crippen LogP contribution in [0.25, 0.3) is 10.8 Å². The number of amides is 1. The van der Waals surface area contributed by atoms with Gasteiger partial charge in [0.1, 0.15) is 5.75 Å². The van der Waals surface area contributed by atoms with Crippen LogP contribution in [0.15, 0.2) is 36.4 Å². The van der Waals surface area contributed by atoms with E-state index >= 15 is 0 Å². The van der Waals surface area contributed by atoms with E-state index in [1.165, 1.54) is 0 Å². The topological polar surface area (TPSA) is 47.6 Å². The van der Waals surface area contributed by atoms with E-state index in [9.17, 15) is 4.79 Å². The van der Waals surface area contributed by atoms with Crippen molar-refractivity contribution in [2.24, 2.45) is 0 Å². The summed E-state index contributed by atoms with van der Waals surface area (Å²) in [6.07, 6.45) is 2.21. The molecule has 0 bridgehead atoms. The molecule has 0 unspecified atom stereocenters. The number of nitrogens with one attached hydrogen (secondary N) is 1. The maximum atomic E-state index is 12.7. The predicted molar refractivity (Wildman–Crippen MR) is 86.4 cm³/mol. The molecule has 0 radical (unpaired) electrons. The molecule has 1 amide bonds. The molecule has 1 N–H and O–H groups in total. The van der Waals surface area contributed by atoms with E-state index in [4.69, 9.17) is 9.47 Å². The fraction of sp³-hybridized carbons (Fsp3) is 0.389. The zero-order chi connectivity index (χ0) is 15.4. The lowest BCUT2D eigenvalue weighted by Gasteiger charge is -2.15. The second-order valence-corrected chi connectivity index (χ2v) is 5.44. The minimum absolute atomic E-state index is 0.101. The van der Waals surface area contributed by atoms with E-state index in [1.54, 1.807) is 0 Å². The Bertz CT molecular complexity index is 662. The Morgan fingerprint density at radius 3 is 2.95 bits per heavy atom. The van der Waals surface area contributed by atoms with E-state index in [2.05, 4.69) is 5.32 Å². The highest BCUT2D eigenvalue weighted by Gasteiger charge is 2.20. The van der Waals surface area contributed by atoms with Gasteiger partial charge in [-0.25, -0.2) is 0 Å². The fourth-order valence-electron chi connectivity index (χ4n) is 2.86. The van der Waals surface area contributed by atoms with Crippen molar-refractivity contribution in [2.45, 2.75) is 25.9 Å². The number of carbonyl (C=O) groups excluding carboxylic acids is 1. The van der Waals surface area contributed by atoms with Gasteiger partial charge in [0.15, 0.2) is 0 Å². The average Bonchev–Trinajstić information content (AvgIpc) is 3.06. The minimum Gasteiger partial charge on any atom is -0.493 e. The molecular formula is C18H21NO3. The van der Waals surface area contributed by atoms with Gasteiger partial charge in [-0.3, -0.25) is 4.79 Å². The van der Waals surface area contributed by atoms with E-state index < -0.39 is 0 Å². The molecule has 0 spiro atoms. The van der Waals surface area contributed by atoms with Crippen molar-refractivity contribution in [3.05, 3.63) is 42.0 Å². The van der Waals surface area contributed by atoms with Gasteiger partial charge < -0.3 is 14.8 Å². The molecule has 1 heterocycles. The first-order valence-corrected chi connectivity index (χ1v) is 7.84. The van der Waals surface area contributed by atoms with Crippen LogP contribution in [0.5, 0.6) is 5.75 Å². The van der Waals surface area contributed by atoms with Crippen LogP contribution < -0.4 is 10.1 Å². The predicted octanol–water partition coefficient (Wildman–Crippen LogP) is 3.15. The van der Waals surface area contributed by atoms with Crippen molar-refractivity contribution in [3.8, 4) is 5.75 Å². The largest absolute Gasteiger partial charge is 0.493 e. The molecule has 2 aromatic carbocycles. The standard InChI is InChI=1S/C18H21NO3/c1-2-21-16-10-9-13-6-3-4-8-15(13)17(16)18(20)19-12-14-7-5-11-22-14/h3-4,6,8-10,14H,2,5,7,11-12H2,1H3,(H,19,20)/t14-/m0/s1. The Labute approximate surface area is 130 Å². The quantitative estimate of drug-likeness (QED) is 0.922. The second kappa shape index (κ2) is 6.79. The maximum Gasteiger partial charge on any atom is 0.255 e. The Kier molecular flexibility index (Phi) is 4.59. The van der Waals surface area contributed by atoms with Gasteiger partial charge in [-0.2, -0.15) is 0 Å². The van der Waals surface area contributed by atoms with Gasteiger partial charge in [0, 0.05) is 13.2 Å². The summed E-state index contributed by atoms with van der Waals surface area (Å²) in [5.41, 5.74) is 0.609. The molecule has 116 valence electrons. The highest BCUT2D eigenvalue weighted by atomic mass is 16.5. The van der Waals surface area contributed by atoms with Crippen LogP contribution in [0, 0.1) is 0 Å². The number of fused-ring (bicyclic) bond motifs is 1. The molecule has 1 atom stereocenters. The normalized spacial score (nSPS) is 17.6. The molecule has 4 heteroatoms. The molecule has 1 fully saturated rings. The van der Waals surface area contributed by atoms with Crippen LogP contribution in [-0.2, 0) is 4.74 Å². The molecule has 2 aromatic rings. The lowest BCUT2D eigenvalue weighted by Crippen LogP contribution is -2.32. The number of hydrogen-bond acceptors (Lipinski definition) is 3. The summed E-state index contributed by atoms with van der Waals surface area (Å²) in [7, 11) is 0. The van der Waals surface area contributed by atoms with Gasteiger partial charge in [0.2, 0.25) is 0 Å². The molecule has 0 aromatic heterocycles. The molecule has 1 aliphatic rings. The summed E-state index contributed by atoms with van der Waals surface area (Å²) in [5, 5.41) is 4.94. The van der Waals surface area contributed by atoms with Crippen LogP contribution in [0.1, 0.15) is 30.1 Å². The van der Waals surface area contributed by atoms with Crippen molar-refractivity contribution in [2.75, 3.05) is 19.8 Å². The first-order chi connectivity index (χ1) is 10.8. The Hall–Kier alpha value is -2.07.